The quantitative estimate of drug-likeness (QED) is 0.200. The normalized spacial score (nSPS) is 13.9. The Kier molecular flexibility index (Phi) is 8.38. The zero-order chi connectivity index (χ0) is 27.9. The number of carbonyl (C=O) groups excluding carboxylic acids is 2. The lowest BCUT2D eigenvalue weighted by Crippen LogP contribution is -2.46. The largest absolute Gasteiger partial charge is 0.456 e. The van der Waals surface area contributed by atoms with E-state index in [0.29, 0.717) is 23.5 Å². The Hall–Kier alpha value is -4.68. The average molecular weight is 533 g/mol. The second kappa shape index (κ2) is 12.5. The second-order valence-electron chi connectivity index (χ2n) is 9.99. The number of ether oxygens (including phenoxy) is 1. The highest BCUT2D eigenvalue weighted by atomic mass is 16.5. The van der Waals surface area contributed by atoms with Gasteiger partial charge in [0, 0.05) is 22.7 Å². The van der Waals surface area contributed by atoms with Crippen LogP contribution in [0.2, 0.25) is 0 Å². The van der Waals surface area contributed by atoms with Gasteiger partial charge in [-0.1, -0.05) is 85.8 Å². The average Bonchev–Trinajstić information content (AvgIpc) is 3.18. The van der Waals surface area contributed by atoms with Crippen LogP contribution in [0, 0.1) is 5.92 Å². The smallest absolute Gasteiger partial charge is 0.227 e. The van der Waals surface area contributed by atoms with E-state index in [1.807, 2.05) is 115 Å². The van der Waals surface area contributed by atoms with Crippen molar-refractivity contribution < 1.29 is 19.4 Å². The van der Waals surface area contributed by atoms with Gasteiger partial charge in [0.05, 0.1) is 17.8 Å². The summed E-state index contributed by atoms with van der Waals surface area (Å²) in [6, 6.07) is 31.6. The minimum absolute atomic E-state index is 0.174. The van der Waals surface area contributed by atoms with Crippen LogP contribution in [0.3, 0.4) is 0 Å². The van der Waals surface area contributed by atoms with Gasteiger partial charge in [-0.3, -0.25) is 9.59 Å². The summed E-state index contributed by atoms with van der Waals surface area (Å²) in [6.07, 6.45) is 4.26. The van der Waals surface area contributed by atoms with Gasteiger partial charge in [0.15, 0.2) is 0 Å². The molecule has 2 N–H and O–H groups in total. The van der Waals surface area contributed by atoms with Crippen LogP contribution < -0.4 is 15.0 Å². The SMILES string of the molecule is C[C@H](C[C@H](O)[C@H](Cc1ccccc1)N(C=O)c1cccc2c1C=Cc1ccccc1O2)C(=O)Nc1ccccc1. The van der Waals surface area contributed by atoms with E-state index in [4.69, 9.17) is 4.74 Å². The molecule has 4 aromatic carbocycles. The number of anilines is 2. The molecule has 1 heterocycles. The predicted molar refractivity (Wildman–Crippen MR) is 159 cm³/mol. The Labute approximate surface area is 234 Å². The maximum Gasteiger partial charge on any atom is 0.227 e. The van der Waals surface area contributed by atoms with Gasteiger partial charge in [0.1, 0.15) is 11.5 Å². The molecule has 0 radical (unpaired) electrons. The van der Waals surface area contributed by atoms with E-state index in [1.54, 1.807) is 11.8 Å². The number of hydrogen-bond donors (Lipinski definition) is 2. The van der Waals surface area contributed by atoms with Crippen molar-refractivity contribution in [1.82, 2.24) is 0 Å². The van der Waals surface area contributed by atoms with E-state index in [2.05, 4.69) is 5.32 Å². The first-order valence-corrected chi connectivity index (χ1v) is 13.4. The number of amides is 2. The van der Waals surface area contributed by atoms with Crippen LogP contribution in [0.1, 0.15) is 30.0 Å². The zero-order valence-electron chi connectivity index (χ0n) is 22.3. The molecular weight excluding hydrogens is 500 g/mol. The summed E-state index contributed by atoms with van der Waals surface area (Å²) in [7, 11) is 0. The van der Waals surface area contributed by atoms with Gasteiger partial charge in [0.25, 0.3) is 0 Å². The van der Waals surface area contributed by atoms with E-state index in [-0.39, 0.29) is 12.3 Å². The summed E-state index contributed by atoms with van der Waals surface area (Å²) in [4.78, 5) is 27.3. The molecule has 4 aromatic rings. The van der Waals surface area contributed by atoms with Crippen LogP contribution in [-0.2, 0) is 16.0 Å². The molecule has 40 heavy (non-hydrogen) atoms. The molecule has 6 nitrogen and oxygen atoms in total. The van der Waals surface area contributed by atoms with Gasteiger partial charge < -0.3 is 20.1 Å². The van der Waals surface area contributed by atoms with Crippen molar-refractivity contribution in [3.8, 4) is 11.5 Å². The van der Waals surface area contributed by atoms with Crippen LogP contribution in [0.4, 0.5) is 11.4 Å². The lowest BCUT2D eigenvalue weighted by Gasteiger charge is -2.34. The minimum atomic E-state index is -0.981. The van der Waals surface area contributed by atoms with Crippen molar-refractivity contribution in [2.45, 2.75) is 31.9 Å². The summed E-state index contributed by atoms with van der Waals surface area (Å²) in [5, 5.41) is 14.5. The maximum atomic E-state index is 12.9. The second-order valence-corrected chi connectivity index (χ2v) is 9.99. The van der Waals surface area contributed by atoms with Crippen molar-refractivity contribution in [3.05, 3.63) is 120 Å². The van der Waals surface area contributed by atoms with Crippen LogP contribution in [0.5, 0.6) is 11.5 Å². The lowest BCUT2D eigenvalue weighted by atomic mass is 9.92. The van der Waals surface area contributed by atoms with Crippen molar-refractivity contribution in [2.75, 3.05) is 10.2 Å². The number of para-hydroxylation sites is 2. The van der Waals surface area contributed by atoms with Crippen LogP contribution in [0.25, 0.3) is 12.2 Å². The fourth-order valence-corrected chi connectivity index (χ4v) is 5.02. The Balaban J connectivity index is 1.45. The molecule has 5 rings (SSSR count). The van der Waals surface area contributed by atoms with Crippen molar-refractivity contribution in [1.29, 1.82) is 0 Å². The van der Waals surface area contributed by atoms with Crippen molar-refractivity contribution >= 4 is 35.8 Å². The summed E-state index contributed by atoms with van der Waals surface area (Å²) >= 11 is 0. The molecule has 0 aromatic heterocycles. The number of benzene rings is 4. The number of fused-ring (bicyclic) bond motifs is 2. The highest BCUT2D eigenvalue weighted by molar-refractivity contribution is 5.92. The molecule has 3 atom stereocenters. The predicted octanol–water partition coefficient (Wildman–Crippen LogP) is 6.56. The van der Waals surface area contributed by atoms with Gasteiger partial charge in [-0.05, 0) is 54.8 Å². The molecule has 1 aliphatic rings. The third-order valence-electron chi connectivity index (χ3n) is 7.18. The molecule has 202 valence electrons. The fourth-order valence-electron chi connectivity index (χ4n) is 5.02. The minimum Gasteiger partial charge on any atom is -0.456 e. The molecular formula is C34H32N2O4. The number of nitrogens with one attached hydrogen (secondary N) is 1. The fraction of sp³-hybridized carbons (Fsp3) is 0.176. The standard InChI is InChI=1S/C34H32N2O4/c1-24(34(39)35-27-14-6-3-7-15-27)21-31(38)30(22-25-11-4-2-5-12-25)36(23-37)29-16-10-18-33-28(29)20-19-26-13-8-9-17-32(26)40-33/h2-20,23-24,30-31,38H,21-22H2,1H3,(H,35,39)/t24-,30+,31+/m1/s1. The number of carbonyl (C=O) groups is 2. The Bertz CT molecular complexity index is 1490. The molecule has 6 heteroatoms. The Morgan fingerprint density at radius 1 is 0.875 bits per heavy atom. The van der Waals surface area contributed by atoms with Gasteiger partial charge in [-0.25, -0.2) is 0 Å². The first kappa shape index (κ1) is 26.9. The third kappa shape index (κ3) is 6.14. The van der Waals surface area contributed by atoms with E-state index < -0.39 is 18.1 Å². The van der Waals surface area contributed by atoms with Crippen molar-refractivity contribution in [3.63, 3.8) is 0 Å². The number of aliphatic hydroxyl groups excluding tert-OH is 1. The Morgan fingerprint density at radius 2 is 1.55 bits per heavy atom. The zero-order valence-corrected chi connectivity index (χ0v) is 22.3. The highest BCUT2D eigenvalue weighted by Gasteiger charge is 2.31. The molecule has 0 saturated heterocycles. The van der Waals surface area contributed by atoms with Gasteiger partial charge in [0.2, 0.25) is 12.3 Å². The summed E-state index contributed by atoms with van der Waals surface area (Å²) in [5.74, 6) is 0.664. The first-order chi connectivity index (χ1) is 19.5. The molecule has 0 saturated carbocycles. The summed E-state index contributed by atoms with van der Waals surface area (Å²) < 4.78 is 6.23. The van der Waals surface area contributed by atoms with Crippen LogP contribution >= 0.6 is 0 Å². The molecule has 0 aliphatic carbocycles. The molecule has 1 aliphatic heterocycles. The molecule has 0 bridgehead atoms. The summed E-state index contributed by atoms with van der Waals surface area (Å²) in [6.45, 7) is 1.79. The monoisotopic (exact) mass is 532 g/mol. The van der Waals surface area contributed by atoms with E-state index >= 15 is 0 Å². The summed E-state index contributed by atoms with van der Waals surface area (Å²) in [5.41, 5.74) is 3.97. The highest BCUT2D eigenvalue weighted by Crippen LogP contribution is 2.39. The third-order valence-corrected chi connectivity index (χ3v) is 7.18. The van der Waals surface area contributed by atoms with E-state index in [9.17, 15) is 14.7 Å². The maximum absolute atomic E-state index is 12.9. The van der Waals surface area contributed by atoms with Crippen molar-refractivity contribution in [2.24, 2.45) is 5.92 Å². The lowest BCUT2D eigenvalue weighted by molar-refractivity contribution is -0.120. The number of nitrogens with zero attached hydrogens (tertiary/aromatic N) is 1. The number of hydrogen-bond acceptors (Lipinski definition) is 4. The Morgan fingerprint density at radius 3 is 2.30 bits per heavy atom. The molecule has 0 fully saturated rings. The van der Waals surface area contributed by atoms with Gasteiger partial charge >= 0.3 is 0 Å². The number of aliphatic hydroxyl groups is 1. The molecule has 2 amide bonds. The molecule has 0 spiro atoms. The van der Waals surface area contributed by atoms with E-state index in [1.165, 1.54) is 0 Å². The van der Waals surface area contributed by atoms with E-state index in [0.717, 1.165) is 28.8 Å². The first-order valence-electron chi connectivity index (χ1n) is 13.4. The van der Waals surface area contributed by atoms with Crippen LogP contribution in [-0.4, -0.2) is 29.6 Å². The topological polar surface area (TPSA) is 78.9 Å². The molecule has 0 unspecified atom stereocenters. The van der Waals surface area contributed by atoms with Gasteiger partial charge in [-0.15, -0.1) is 0 Å². The number of rotatable bonds is 10. The van der Waals surface area contributed by atoms with Crippen LogP contribution in [0.15, 0.2) is 103 Å². The van der Waals surface area contributed by atoms with Gasteiger partial charge in [-0.2, -0.15) is 0 Å².